The molecule has 0 aliphatic rings. The molecule has 1 unspecified atom stereocenters. The molecule has 1 atom stereocenters. The van der Waals surface area contributed by atoms with Crippen molar-refractivity contribution in [3.05, 3.63) is 12.7 Å². The predicted molar refractivity (Wildman–Crippen MR) is 54.7 cm³/mol. The summed E-state index contributed by atoms with van der Waals surface area (Å²) in [6, 6.07) is 0. The Hall–Kier alpha value is -0.0100. The molecule has 0 rings (SSSR count). The third-order valence-electron chi connectivity index (χ3n) is 1.92. The zero-order chi connectivity index (χ0) is 9.61. The summed E-state index contributed by atoms with van der Waals surface area (Å²) in [7, 11) is 0. The summed E-state index contributed by atoms with van der Waals surface area (Å²) in [6.07, 6.45) is 3.15. The molecule has 0 heterocycles. The molecule has 72 valence electrons. The molecule has 1 nitrogen and oxygen atoms in total. The van der Waals surface area contributed by atoms with E-state index in [4.69, 9.17) is 16.3 Å². The Kier molecular flexibility index (Phi) is 5.60. The maximum atomic E-state index is 5.80. The Morgan fingerprint density at radius 2 is 2.17 bits per heavy atom. The fraction of sp³-hybridized carbons (Fsp3) is 0.800. The monoisotopic (exact) mass is 190 g/mol. The van der Waals surface area contributed by atoms with E-state index in [1.165, 1.54) is 0 Å². The number of rotatable bonds is 6. The van der Waals surface area contributed by atoms with E-state index in [9.17, 15) is 0 Å². The number of ether oxygens (including phenoxy) is 1. The quantitative estimate of drug-likeness (QED) is 0.462. The zero-order valence-electron chi connectivity index (χ0n) is 8.27. The lowest BCUT2D eigenvalue weighted by atomic mass is 9.90. The molecule has 0 spiro atoms. The molecular weight excluding hydrogens is 172 g/mol. The van der Waals surface area contributed by atoms with Gasteiger partial charge < -0.3 is 4.74 Å². The average Bonchev–Trinajstić information content (AvgIpc) is 2.03. The van der Waals surface area contributed by atoms with E-state index in [2.05, 4.69) is 13.5 Å². The number of alkyl halides is 1. The van der Waals surface area contributed by atoms with Crippen molar-refractivity contribution >= 4 is 11.6 Å². The van der Waals surface area contributed by atoms with E-state index in [0.29, 0.717) is 12.0 Å². The number of hydrogen-bond acceptors (Lipinski definition) is 1. The highest BCUT2D eigenvalue weighted by Gasteiger charge is 2.18. The van der Waals surface area contributed by atoms with E-state index in [1.807, 2.05) is 19.9 Å². The van der Waals surface area contributed by atoms with Gasteiger partial charge in [-0.05, 0) is 20.3 Å². The van der Waals surface area contributed by atoms with Gasteiger partial charge in [-0.3, -0.25) is 0 Å². The fourth-order valence-corrected chi connectivity index (χ4v) is 0.994. The first-order valence-corrected chi connectivity index (χ1v) is 4.88. The van der Waals surface area contributed by atoms with Crippen molar-refractivity contribution in [1.82, 2.24) is 0 Å². The van der Waals surface area contributed by atoms with Gasteiger partial charge in [-0.2, -0.15) is 0 Å². The molecule has 0 amide bonds. The summed E-state index contributed by atoms with van der Waals surface area (Å²) in [5.41, 5.74) is 0.0243. The minimum absolute atomic E-state index is 0.0243. The Labute approximate surface area is 80.8 Å². The molecule has 0 radical (unpaired) electrons. The van der Waals surface area contributed by atoms with Gasteiger partial charge in [0.25, 0.3) is 0 Å². The van der Waals surface area contributed by atoms with Gasteiger partial charge >= 0.3 is 0 Å². The molecule has 0 fully saturated rings. The molecule has 0 aromatic rings. The lowest BCUT2D eigenvalue weighted by Gasteiger charge is -2.22. The van der Waals surface area contributed by atoms with Crippen molar-refractivity contribution in [3.8, 4) is 0 Å². The molecule has 0 bridgehead atoms. The van der Waals surface area contributed by atoms with Crippen LogP contribution in [0.5, 0.6) is 0 Å². The highest BCUT2D eigenvalue weighted by molar-refractivity contribution is 6.18. The second-order valence-corrected chi connectivity index (χ2v) is 3.93. The van der Waals surface area contributed by atoms with Crippen LogP contribution in [-0.4, -0.2) is 18.6 Å². The molecular formula is C10H19ClO. The summed E-state index contributed by atoms with van der Waals surface area (Å²) in [5.74, 6) is 0.609. The second kappa shape index (κ2) is 5.60. The molecule has 0 aliphatic heterocycles. The molecule has 0 saturated carbocycles. The maximum Gasteiger partial charge on any atom is 0.0518 e. The van der Waals surface area contributed by atoms with E-state index >= 15 is 0 Å². The molecule has 0 aromatic carbocycles. The largest absolute Gasteiger partial charge is 0.379 e. The molecule has 12 heavy (non-hydrogen) atoms. The average molecular weight is 191 g/mol. The first-order chi connectivity index (χ1) is 5.54. The van der Waals surface area contributed by atoms with Crippen molar-refractivity contribution in [3.63, 3.8) is 0 Å². The van der Waals surface area contributed by atoms with Gasteiger partial charge in [-0.15, -0.1) is 18.2 Å². The summed E-state index contributed by atoms with van der Waals surface area (Å²) in [6.45, 7) is 10.7. The van der Waals surface area contributed by atoms with Crippen LogP contribution in [0.3, 0.4) is 0 Å². The van der Waals surface area contributed by atoms with Gasteiger partial charge in [0, 0.05) is 17.9 Å². The molecule has 0 aromatic heterocycles. The van der Waals surface area contributed by atoms with Crippen LogP contribution in [-0.2, 0) is 4.74 Å². The van der Waals surface area contributed by atoms with Gasteiger partial charge in [-0.1, -0.05) is 13.0 Å². The van der Waals surface area contributed by atoms with Crippen LogP contribution in [0.15, 0.2) is 12.7 Å². The second-order valence-electron chi connectivity index (χ2n) is 3.66. The van der Waals surface area contributed by atoms with Gasteiger partial charge in [0.15, 0.2) is 0 Å². The van der Waals surface area contributed by atoms with Gasteiger partial charge in [0.2, 0.25) is 0 Å². The topological polar surface area (TPSA) is 9.23 Å². The van der Waals surface area contributed by atoms with Crippen molar-refractivity contribution in [2.45, 2.75) is 33.3 Å². The third kappa shape index (κ3) is 4.78. The molecule has 0 N–H and O–H groups in total. The van der Waals surface area contributed by atoms with Crippen LogP contribution in [0.2, 0.25) is 0 Å². The van der Waals surface area contributed by atoms with Crippen LogP contribution in [0.25, 0.3) is 0 Å². The summed E-state index contributed by atoms with van der Waals surface area (Å²) >= 11 is 5.80. The SMILES string of the molecule is C=CC(C)(CCl)CCOC(C)C. The fourth-order valence-electron chi connectivity index (χ4n) is 0.751. The summed E-state index contributed by atoms with van der Waals surface area (Å²) in [5, 5.41) is 0. The van der Waals surface area contributed by atoms with Gasteiger partial charge in [-0.25, -0.2) is 0 Å². The number of allylic oxidation sites excluding steroid dienone is 1. The third-order valence-corrected chi connectivity index (χ3v) is 2.53. The lowest BCUT2D eigenvalue weighted by molar-refractivity contribution is 0.0645. The van der Waals surface area contributed by atoms with Crippen LogP contribution in [0, 0.1) is 5.41 Å². The molecule has 0 aliphatic carbocycles. The summed E-state index contributed by atoms with van der Waals surface area (Å²) in [4.78, 5) is 0. The Balaban J connectivity index is 3.66. The van der Waals surface area contributed by atoms with Gasteiger partial charge in [0.05, 0.1) is 6.10 Å². The Morgan fingerprint density at radius 3 is 2.50 bits per heavy atom. The van der Waals surface area contributed by atoms with E-state index in [1.54, 1.807) is 0 Å². The zero-order valence-corrected chi connectivity index (χ0v) is 9.03. The minimum atomic E-state index is 0.0243. The Morgan fingerprint density at radius 1 is 1.58 bits per heavy atom. The first-order valence-electron chi connectivity index (χ1n) is 4.35. The smallest absolute Gasteiger partial charge is 0.0518 e. The van der Waals surface area contributed by atoms with Crippen molar-refractivity contribution < 1.29 is 4.74 Å². The normalized spacial score (nSPS) is 16.1. The van der Waals surface area contributed by atoms with E-state index in [-0.39, 0.29) is 5.41 Å². The van der Waals surface area contributed by atoms with Crippen molar-refractivity contribution in [1.29, 1.82) is 0 Å². The standard InChI is InChI=1S/C10H19ClO/c1-5-10(4,8-11)6-7-12-9(2)3/h5,9H,1,6-8H2,2-4H3. The highest BCUT2D eigenvalue weighted by atomic mass is 35.5. The van der Waals surface area contributed by atoms with Gasteiger partial charge in [0.1, 0.15) is 0 Å². The van der Waals surface area contributed by atoms with Crippen LogP contribution in [0.1, 0.15) is 27.2 Å². The predicted octanol–water partition coefficient (Wildman–Crippen LogP) is 3.23. The first kappa shape index (κ1) is 12.0. The maximum absolute atomic E-state index is 5.80. The van der Waals surface area contributed by atoms with Crippen LogP contribution < -0.4 is 0 Å². The van der Waals surface area contributed by atoms with Crippen LogP contribution in [0.4, 0.5) is 0 Å². The van der Waals surface area contributed by atoms with E-state index < -0.39 is 0 Å². The molecule has 2 heteroatoms. The Bertz CT molecular complexity index is 134. The van der Waals surface area contributed by atoms with Crippen molar-refractivity contribution in [2.75, 3.05) is 12.5 Å². The van der Waals surface area contributed by atoms with Crippen LogP contribution >= 0.6 is 11.6 Å². The number of halogens is 1. The molecule has 0 saturated heterocycles. The van der Waals surface area contributed by atoms with E-state index in [0.717, 1.165) is 13.0 Å². The lowest BCUT2D eigenvalue weighted by Crippen LogP contribution is -2.19. The highest BCUT2D eigenvalue weighted by Crippen LogP contribution is 2.24. The number of hydrogen-bond donors (Lipinski definition) is 0. The minimum Gasteiger partial charge on any atom is -0.379 e. The van der Waals surface area contributed by atoms with Crippen molar-refractivity contribution in [2.24, 2.45) is 5.41 Å². The summed E-state index contributed by atoms with van der Waals surface area (Å²) < 4.78 is 5.43.